The van der Waals surface area contributed by atoms with Gasteiger partial charge in [-0.15, -0.1) is 0 Å². The molecular formula is C18H25N3O7S. The van der Waals surface area contributed by atoms with E-state index in [9.17, 15) is 22.8 Å². The van der Waals surface area contributed by atoms with Gasteiger partial charge in [-0.1, -0.05) is 0 Å². The molecule has 1 aromatic rings. The predicted octanol–water partition coefficient (Wildman–Crippen LogP) is 0.717. The van der Waals surface area contributed by atoms with Crippen LogP contribution in [0.4, 0.5) is 5.69 Å². The molecule has 0 unspecified atom stereocenters. The van der Waals surface area contributed by atoms with E-state index in [0.717, 1.165) is 4.31 Å². The minimum atomic E-state index is -3.52. The Kier molecular flexibility index (Phi) is 7.33. The Morgan fingerprint density at radius 3 is 2.17 bits per heavy atom. The van der Waals surface area contributed by atoms with Crippen molar-refractivity contribution in [3.8, 4) is 0 Å². The summed E-state index contributed by atoms with van der Waals surface area (Å²) < 4.78 is 36.2. The molecule has 1 heterocycles. The van der Waals surface area contributed by atoms with E-state index in [1.165, 1.54) is 50.8 Å². The number of methoxy groups -OCH3 is 2. The van der Waals surface area contributed by atoms with Crippen molar-refractivity contribution < 1.29 is 32.3 Å². The molecule has 0 spiro atoms. The molecule has 1 aromatic carbocycles. The van der Waals surface area contributed by atoms with Gasteiger partial charge in [0.1, 0.15) is 0 Å². The standard InChI is InChI=1S/C18H25N3O7S/c1-20(2)29(25,26)21-9-7-12(8-10-21)16(22)19-15-11-13(17(23)27-3)5-6-14(15)18(24)28-4/h5-6,11-12H,7-10H2,1-4H3,(H,19,22). The van der Waals surface area contributed by atoms with Crippen molar-refractivity contribution in [2.24, 2.45) is 5.92 Å². The number of hydrogen-bond donors (Lipinski definition) is 1. The van der Waals surface area contributed by atoms with E-state index in [4.69, 9.17) is 4.74 Å². The average molecular weight is 427 g/mol. The fourth-order valence-corrected chi connectivity index (χ4v) is 4.13. The Labute approximate surface area is 169 Å². The Balaban J connectivity index is 2.16. The fraction of sp³-hybridized carbons (Fsp3) is 0.500. The quantitative estimate of drug-likeness (QED) is 0.664. The van der Waals surface area contributed by atoms with E-state index >= 15 is 0 Å². The Morgan fingerprint density at radius 2 is 1.66 bits per heavy atom. The van der Waals surface area contributed by atoms with Crippen molar-refractivity contribution >= 4 is 33.7 Å². The average Bonchev–Trinajstić information content (AvgIpc) is 2.72. The second-order valence-corrected chi connectivity index (χ2v) is 8.84. The van der Waals surface area contributed by atoms with Gasteiger partial charge < -0.3 is 14.8 Å². The van der Waals surface area contributed by atoms with Crippen molar-refractivity contribution in [3.05, 3.63) is 29.3 Å². The molecular weight excluding hydrogens is 402 g/mol. The number of anilines is 1. The van der Waals surface area contributed by atoms with E-state index in [-0.39, 0.29) is 35.8 Å². The molecule has 0 radical (unpaired) electrons. The molecule has 160 valence electrons. The lowest BCUT2D eigenvalue weighted by Crippen LogP contribution is -2.46. The summed E-state index contributed by atoms with van der Waals surface area (Å²) in [6.45, 7) is 0.426. The number of rotatable bonds is 6. The lowest BCUT2D eigenvalue weighted by Gasteiger charge is -2.32. The molecule has 0 bridgehead atoms. The maximum absolute atomic E-state index is 12.7. The molecule has 1 aliphatic heterocycles. The van der Waals surface area contributed by atoms with E-state index in [1.54, 1.807) is 0 Å². The van der Waals surface area contributed by atoms with Crippen LogP contribution in [0, 0.1) is 5.92 Å². The first-order valence-corrected chi connectivity index (χ1v) is 10.3. The van der Waals surface area contributed by atoms with Gasteiger partial charge in [-0.3, -0.25) is 4.79 Å². The minimum Gasteiger partial charge on any atom is -0.465 e. The molecule has 1 fully saturated rings. The summed E-state index contributed by atoms with van der Waals surface area (Å²) in [5.74, 6) is -2.07. The highest BCUT2D eigenvalue weighted by Gasteiger charge is 2.32. The van der Waals surface area contributed by atoms with Crippen LogP contribution in [-0.4, -0.2) is 76.3 Å². The summed E-state index contributed by atoms with van der Waals surface area (Å²) in [4.78, 5) is 36.5. The number of ether oxygens (including phenoxy) is 2. The van der Waals surface area contributed by atoms with Gasteiger partial charge in [-0.05, 0) is 31.0 Å². The number of benzene rings is 1. The van der Waals surface area contributed by atoms with Gasteiger partial charge in [0, 0.05) is 33.1 Å². The zero-order valence-electron chi connectivity index (χ0n) is 16.8. The minimum absolute atomic E-state index is 0.0983. The second-order valence-electron chi connectivity index (χ2n) is 6.70. The normalized spacial score (nSPS) is 15.8. The van der Waals surface area contributed by atoms with E-state index < -0.39 is 28.1 Å². The number of amides is 1. The zero-order chi connectivity index (χ0) is 21.8. The van der Waals surface area contributed by atoms with Crippen molar-refractivity contribution in [3.63, 3.8) is 0 Å². The molecule has 0 aliphatic carbocycles. The van der Waals surface area contributed by atoms with Crippen LogP contribution in [0.1, 0.15) is 33.6 Å². The van der Waals surface area contributed by atoms with Crippen LogP contribution in [0.15, 0.2) is 18.2 Å². The van der Waals surface area contributed by atoms with Crippen molar-refractivity contribution in [2.75, 3.05) is 46.7 Å². The molecule has 1 N–H and O–H groups in total. The van der Waals surface area contributed by atoms with Gasteiger partial charge >= 0.3 is 11.9 Å². The van der Waals surface area contributed by atoms with E-state index in [1.807, 2.05) is 0 Å². The molecule has 1 saturated heterocycles. The molecule has 2 rings (SSSR count). The Hall–Kier alpha value is -2.50. The lowest BCUT2D eigenvalue weighted by molar-refractivity contribution is -0.120. The third-order valence-electron chi connectivity index (χ3n) is 4.72. The third kappa shape index (κ3) is 5.11. The third-order valence-corrected chi connectivity index (χ3v) is 6.66. The van der Waals surface area contributed by atoms with Crippen molar-refractivity contribution in [1.29, 1.82) is 0 Å². The van der Waals surface area contributed by atoms with Gasteiger partial charge in [0.15, 0.2) is 0 Å². The molecule has 11 heteroatoms. The van der Waals surface area contributed by atoms with Crippen LogP contribution in [0.5, 0.6) is 0 Å². The summed E-state index contributed by atoms with van der Waals surface area (Å²) in [5, 5.41) is 2.67. The van der Waals surface area contributed by atoms with E-state index in [0.29, 0.717) is 12.8 Å². The smallest absolute Gasteiger partial charge is 0.339 e. The Bertz CT molecular complexity index is 891. The first-order valence-electron chi connectivity index (χ1n) is 8.91. The van der Waals surface area contributed by atoms with Crippen LogP contribution in [-0.2, 0) is 24.5 Å². The molecule has 0 atom stereocenters. The zero-order valence-corrected chi connectivity index (χ0v) is 17.6. The van der Waals surface area contributed by atoms with Gasteiger partial charge in [-0.2, -0.15) is 17.0 Å². The van der Waals surface area contributed by atoms with Gasteiger partial charge in [-0.25, -0.2) is 9.59 Å². The van der Waals surface area contributed by atoms with Crippen LogP contribution in [0.2, 0.25) is 0 Å². The largest absolute Gasteiger partial charge is 0.465 e. The first kappa shape index (κ1) is 22.8. The number of nitrogens with one attached hydrogen (secondary N) is 1. The molecule has 1 amide bonds. The van der Waals surface area contributed by atoms with Gasteiger partial charge in [0.25, 0.3) is 10.2 Å². The summed E-state index contributed by atoms with van der Waals surface area (Å²) >= 11 is 0. The summed E-state index contributed by atoms with van der Waals surface area (Å²) in [7, 11) is 1.82. The molecule has 10 nitrogen and oxygen atoms in total. The van der Waals surface area contributed by atoms with Crippen LogP contribution in [0.25, 0.3) is 0 Å². The van der Waals surface area contributed by atoms with Crippen molar-refractivity contribution in [2.45, 2.75) is 12.8 Å². The number of carbonyl (C=O) groups is 3. The number of piperidine rings is 1. The summed E-state index contributed by atoms with van der Waals surface area (Å²) in [6, 6.07) is 4.12. The monoisotopic (exact) mass is 427 g/mol. The molecule has 0 saturated carbocycles. The van der Waals surface area contributed by atoms with Crippen LogP contribution < -0.4 is 5.32 Å². The Morgan fingerprint density at radius 1 is 1.07 bits per heavy atom. The lowest BCUT2D eigenvalue weighted by atomic mass is 9.97. The maximum Gasteiger partial charge on any atom is 0.339 e. The predicted molar refractivity (Wildman–Crippen MR) is 105 cm³/mol. The molecule has 1 aliphatic rings. The highest BCUT2D eigenvalue weighted by Crippen LogP contribution is 2.25. The highest BCUT2D eigenvalue weighted by molar-refractivity contribution is 7.86. The highest BCUT2D eigenvalue weighted by atomic mass is 32.2. The van der Waals surface area contributed by atoms with Crippen molar-refractivity contribution in [1.82, 2.24) is 8.61 Å². The number of nitrogens with zero attached hydrogens (tertiary/aromatic N) is 2. The molecule has 0 aromatic heterocycles. The maximum atomic E-state index is 12.7. The summed E-state index contributed by atoms with van der Waals surface area (Å²) in [5.41, 5.74) is 0.400. The SMILES string of the molecule is COC(=O)c1ccc(C(=O)OC)c(NC(=O)C2CCN(S(=O)(=O)N(C)C)CC2)c1. The number of esters is 2. The van der Waals surface area contributed by atoms with Gasteiger partial charge in [0.2, 0.25) is 5.91 Å². The number of hydrogen-bond acceptors (Lipinski definition) is 7. The van der Waals surface area contributed by atoms with Crippen LogP contribution >= 0.6 is 0 Å². The van der Waals surface area contributed by atoms with Crippen LogP contribution in [0.3, 0.4) is 0 Å². The van der Waals surface area contributed by atoms with E-state index in [2.05, 4.69) is 10.1 Å². The number of carbonyl (C=O) groups excluding carboxylic acids is 3. The second kappa shape index (κ2) is 9.33. The fourth-order valence-electron chi connectivity index (χ4n) is 2.99. The first-order chi connectivity index (χ1) is 13.6. The summed E-state index contributed by atoms with van der Waals surface area (Å²) in [6.07, 6.45) is 0.673. The molecule has 29 heavy (non-hydrogen) atoms. The van der Waals surface area contributed by atoms with Gasteiger partial charge in [0.05, 0.1) is 31.0 Å². The topological polar surface area (TPSA) is 122 Å².